The zero-order valence-electron chi connectivity index (χ0n) is 12.8. The lowest BCUT2D eigenvalue weighted by molar-refractivity contribution is -0.113. The minimum Gasteiger partial charge on any atom is -0.497 e. The van der Waals surface area contributed by atoms with Crippen molar-refractivity contribution in [2.45, 2.75) is 6.92 Å². The van der Waals surface area contributed by atoms with Crippen LogP contribution in [0.5, 0.6) is 5.75 Å². The van der Waals surface area contributed by atoms with E-state index in [1.54, 1.807) is 12.0 Å². The van der Waals surface area contributed by atoms with E-state index in [9.17, 15) is 4.79 Å². The van der Waals surface area contributed by atoms with Crippen LogP contribution >= 0.6 is 24.0 Å². The van der Waals surface area contributed by atoms with Crippen LogP contribution in [0.4, 0.5) is 5.69 Å². The third kappa shape index (κ3) is 3.16. The smallest absolute Gasteiger partial charge is 0.270 e. The third-order valence-corrected chi connectivity index (χ3v) is 4.87. The Hall–Kier alpha value is -2.11. The Morgan fingerprint density at radius 1 is 1.17 bits per heavy atom. The van der Waals surface area contributed by atoms with Crippen molar-refractivity contribution in [1.82, 2.24) is 0 Å². The van der Waals surface area contributed by atoms with E-state index in [0.29, 0.717) is 9.23 Å². The predicted molar refractivity (Wildman–Crippen MR) is 99.8 cm³/mol. The number of methoxy groups -OCH3 is 1. The minimum atomic E-state index is -0.0820. The molecule has 0 atom stereocenters. The van der Waals surface area contributed by atoms with E-state index < -0.39 is 0 Å². The van der Waals surface area contributed by atoms with Gasteiger partial charge in [0.2, 0.25) is 0 Å². The fourth-order valence-electron chi connectivity index (χ4n) is 2.35. The number of aryl methyl sites for hydroxylation is 1. The molecule has 1 fully saturated rings. The van der Waals surface area contributed by atoms with Gasteiger partial charge in [-0.25, -0.2) is 0 Å². The standard InChI is InChI=1S/C18H15NO2S2/c1-12-10-15(21-2)9-8-13(12)11-16-17(20)19(18(22)23-16)14-6-4-3-5-7-14/h3-11H,1-2H3/b16-11+. The molecule has 0 bridgehead atoms. The Kier molecular flexibility index (Phi) is 4.50. The molecule has 5 heteroatoms. The largest absolute Gasteiger partial charge is 0.497 e. The van der Waals surface area contributed by atoms with Crippen LogP contribution in [0.2, 0.25) is 0 Å². The van der Waals surface area contributed by atoms with Crippen LogP contribution in [0.15, 0.2) is 53.4 Å². The Morgan fingerprint density at radius 2 is 1.91 bits per heavy atom. The molecule has 0 spiro atoms. The Balaban J connectivity index is 1.93. The van der Waals surface area contributed by atoms with Crippen molar-refractivity contribution in [2.75, 3.05) is 12.0 Å². The van der Waals surface area contributed by atoms with Crippen LogP contribution in [0.1, 0.15) is 11.1 Å². The van der Waals surface area contributed by atoms with Gasteiger partial charge in [0.1, 0.15) is 5.75 Å². The van der Waals surface area contributed by atoms with E-state index in [2.05, 4.69) is 0 Å². The van der Waals surface area contributed by atoms with Gasteiger partial charge in [-0.2, -0.15) is 0 Å². The van der Waals surface area contributed by atoms with Crippen molar-refractivity contribution in [3.63, 3.8) is 0 Å². The molecule has 116 valence electrons. The number of para-hydroxylation sites is 1. The second kappa shape index (κ2) is 6.56. The molecule has 2 aromatic rings. The number of thiocarbonyl (C=S) groups is 1. The van der Waals surface area contributed by atoms with Gasteiger partial charge in [0.15, 0.2) is 4.32 Å². The summed E-state index contributed by atoms with van der Waals surface area (Å²) in [6.45, 7) is 1.99. The van der Waals surface area contributed by atoms with Crippen LogP contribution in [-0.2, 0) is 4.79 Å². The summed E-state index contributed by atoms with van der Waals surface area (Å²) < 4.78 is 5.77. The van der Waals surface area contributed by atoms with Gasteiger partial charge < -0.3 is 4.74 Å². The van der Waals surface area contributed by atoms with Gasteiger partial charge in [-0.05, 0) is 48.4 Å². The summed E-state index contributed by atoms with van der Waals surface area (Å²) in [6, 6.07) is 15.2. The van der Waals surface area contributed by atoms with Gasteiger partial charge in [0.25, 0.3) is 5.91 Å². The summed E-state index contributed by atoms with van der Waals surface area (Å²) in [6.07, 6.45) is 1.89. The van der Waals surface area contributed by atoms with E-state index in [1.165, 1.54) is 11.8 Å². The van der Waals surface area contributed by atoms with Crippen LogP contribution in [0.25, 0.3) is 6.08 Å². The average molecular weight is 341 g/mol. The quantitative estimate of drug-likeness (QED) is 0.611. The molecule has 3 rings (SSSR count). The lowest BCUT2D eigenvalue weighted by atomic mass is 10.1. The van der Waals surface area contributed by atoms with E-state index in [-0.39, 0.29) is 5.91 Å². The fourth-order valence-corrected chi connectivity index (χ4v) is 3.64. The summed E-state index contributed by atoms with van der Waals surface area (Å²) in [4.78, 5) is 14.9. The zero-order chi connectivity index (χ0) is 16.4. The number of rotatable bonds is 3. The van der Waals surface area contributed by atoms with Gasteiger partial charge in [0.05, 0.1) is 17.7 Å². The van der Waals surface area contributed by atoms with Gasteiger partial charge in [-0.15, -0.1) is 0 Å². The second-order valence-corrected chi connectivity index (χ2v) is 6.75. The number of hydrogen-bond acceptors (Lipinski definition) is 4. The highest BCUT2D eigenvalue weighted by Crippen LogP contribution is 2.36. The number of hydrogen-bond donors (Lipinski definition) is 0. The Bertz CT molecular complexity index is 800. The average Bonchev–Trinajstić information content (AvgIpc) is 2.84. The molecule has 0 aromatic heterocycles. The Labute approximate surface area is 144 Å². The Morgan fingerprint density at radius 3 is 2.57 bits per heavy atom. The van der Waals surface area contributed by atoms with Gasteiger partial charge in [-0.1, -0.05) is 48.2 Å². The summed E-state index contributed by atoms with van der Waals surface area (Å²) >= 11 is 6.70. The van der Waals surface area contributed by atoms with Crippen LogP contribution < -0.4 is 9.64 Å². The fraction of sp³-hybridized carbons (Fsp3) is 0.111. The summed E-state index contributed by atoms with van der Waals surface area (Å²) in [5.74, 6) is 0.720. The molecular weight excluding hydrogens is 326 g/mol. The van der Waals surface area contributed by atoms with Crippen molar-refractivity contribution < 1.29 is 9.53 Å². The first kappa shape index (κ1) is 15.8. The molecule has 2 aromatic carbocycles. The van der Waals surface area contributed by atoms with Crippen LogP contribution in [0, 0.1) is 6.92 Å². The van der Waals surface area contributed by atoms with Crippen molar-refractivity contribution in [2.24, 2.45) is 0 Å². The lowest BCUT2D eigenvalue weighted by Gasteiger charge is -2.13. The zero-order valence-corrected chi connectivity index (χ0v) is 14.4. The highest BCUT2D eigenvalue weighted by Gasteiger charge is 2.33. The second-order valence-electron chi connectivity index (χ2n) is 5.08. The summed E-state index contributed by atoms with van der Waals surface area (Å²) in [7, 11) is 1.64. The molecule has 23 heavy (non-hydrogen) atoms. The van der Waals surface area contributed by atoms with Crippen LogP contribution in [-0.4, -0.2) is 17.3 Å². The van der Waals surface area contributed by atoms with Crippen LogP contribution in [0.3, 0.4) is 0 Å². The first-order chi connectivity index (χ1) is 11.1. The molecule has 1 amide bonds. The van der Waals surface area contributed by atoms with E-state index in [1.807, 2.05) is 61.5 Å². The van der Waals surface area contributed by atoms with Gasteiger partial charge >= 0.3 is 0 Å². The molecule has 0 N–H and O–H groups in total. The number of amides is 1. The third-order valence-electron chi connectivity index (χ3n) is 3.57. The number of thioether (sulfide) groups is 1. The van der Waals surface area contributed by atoms with Crippen molar-refractivity contribution in [3.8, 4) is 5.75 Å². The van der Waals surface area contributed by atoms with E-state index in [4.69, 9.17) is 17.0 Å². The van der Waals surface area contributed by atoms with E-state index >= 15 is 0 Å². The number of carbonyl (C=O) groups excluding carboxylic acids is 1. The molecular formula is C18H15NO2S2. The van der Waals surface area contributed by atoms with Gasteiger partial charge in [-0.3, -0.25) is 9.69 Å². The maximum absolute atomic E-state index is 12.7. The number of carbonyl (C=O) groups is 1. The van der Waals surface area contributed by atoms with Gasteiger partial charge in [0, 0.05) is 0 Å². The molecule has 0 aliphatic carbocycles. The minimum absolute atomic E-state index is 0.0820. The molecule has 1 aliphatic heterocycles. The predicted octanol–water partition coefficient (Wildman–Crippen LogP) is 4.41. The van der Waals surface area contributed by atoms with E-state index in [0.717, 1.165) is 22.6 Å². The topological polar surface area (TPSA) is 29.5 Å². The molecule has 3 nitrogen and oxygen atoms in total. The highest BCUT2D eigenvalue weighted by molar-refractivity contribution is 8.27. The first-order valence-corrected chi connectivity index (χ1v) is 8.30. The monoisotopic (exact) mass is 341 g/mol. The highest BCUT2D eigenvalue weighted by atomic mass is 32.2. The molecule has 0 unspecified atom stereocenters. The molecule has 1 aliphatic rings. The number of nitrogens with zero attached hydrogens (tertiary/aromatic N) is 1. The molecule has 0 saturated carbocycles. The summed E-state index contributed by atoms with van der Waals surface area (Å²) in [5, 5.41) is 0. The maximum Gasteiger partial charge on any atom is 0.270 e. The maximum atomic E-state index is 12.7. The first-order valence-electron chi connectivity index (χ1n) is 7.08. The van der Waals surface area contributed by atoms with Crippen molar-refractivity contribution in [1.29, 1.82) is 0 Å². The number of ether oxygens (including phenoxy) is 1. The lowest BCUT2D eigenvalue weighted by Crippen LogP contribution is -2.27. The number of anilines is 1. The number of benzene rings is 2. The SMILES string of the molecule is COc1ccc(/C=C2/SC(=S)N(c3ccccc3)C2=O)c(C)c1. The molecule has 0 radical (unpaired) electrons. The molecule has 1 saturated heterocycles. The normalized spacial score (nSPS) is 16.3. The van der Waals surface area contributed by atoms with Crippen molar-refractivity contribution >= 4 is 46.0 Å². The molecule has 1 heterocycles. The summed E-state index contributed by atoms with van der Waals surface area (Å²) in [5.41, 5.74) is 2.83. The van der Waals surface area contributed by atoms with Crippen molar-refractivity contribution in [3.05, 3.63) is 64.6 Å².